The number of benzene rings is 2. The normalized spacial score (nSPS) is 17.0. The Hall–Kier alpha value is -2.14. The molecule has 0 radical (unpaired) electrons. The van der Waals surface area contributed by atoms with Crippen LogP contribution in [0.25, 0.3) is 0 Å². The van der Waals surface area contributed by atoms with Crippen molar-refractivity contribution < 1.29 is 28.6 Å². The summed E-state index contributed by atoms with van der Waals surface area (Å²) in [6.07, 6.45) is 0. The van der Waals surface area contributed by atoms with Gasteiger partial charge < -0.3 is 19.3 Å². The van der Waals surface area contributed by atoms with Crippen molar-refractivity contribution in [3.8, 4) is 11.5 Å². The Labute approximate surface area is 126 Å². The Bertz CT molecular complexity index is 794. The largest absolute Gasteiger partial charge is 0.457 e. The minimum Gasteiger partial charge on any atom is -0.457 e. The van der Waals surface area contributed by atoms with Crippen molar-refractivity contribution in [3.05, 3.63) is 59.2 Å². The summed E-state index contributed by atoms with van der Waals surface area (Å²) in [5.41, 5.74) is 1.30. The minimum absolute atomic E-state index is 0.142. The van der Waals surface area contributed by atoms with Crippen molar-refractivity contribution in [2.24, 2.45) is 0 Å². The first kappa shape index (κ1) is 14.8. The lowest BCUT2D eigenvalue weighted by molar-refractivity contribution is 0.0471. The third kappa shape index (κ3) is 2.76. The van der Waals surface area contributed by atoms with Gasteiger partial charge in [0.1, 0.15) is 11.5 Å². The molecule has 1 unspecified atom stereocenters. The van der Waals surface area contributed by atoms with Crippen molar-refractivity contribution >= 4 is 13.6 Å². The molecule has 0 saturated heterocycles. The van der Waals surface area contributed by atoms with Gasteiger partial charge in [-0.15, -0.1) is 0 Å². The van der Waals surface area contributed by atoms with E-state index in [4.69, 9.17) is 9.47 Å². The topological polar surface area (TPSA) is 93.1 Å². The third-order valence-corrected chi connectivity index (χ3v) is 4.25. The van der Waals surface area contributed by atoms with E-state index in [-0.39, 0.29) is 11.1 Å². The summed E-state index contributed by atoms with van der Waals surface area (Å²) in [5, 5.41) is 0. The Kier molecular flexibility index (Phi) is 3.53. The van der Waals surface area contributed by atoms with Gasteiger partial charge in [0.2, 0.25) is 5.85 Å². The van der Waals surface area contributed by atoms with Crippen LogP contribution in [-0.4, -0.2) is 15.8 Å². The van der Waals surface area contributed by atoms with E-state index in [0.717, 1.165) is 5.56 Å². The molecule has 1 aliphatic rings. The van der Waals surface area contributed by atoms with E-state index in [9.17, 15) is 19.1 Å². The number of rotatable bonds is 3. The Morgan fingerprint density at radius 2 is 1.86 bits per heavy atom. The van der Waals surface area contributed by atoms with E-state index >= 15 is 0 Å². The molecule has 114 valence electrons. The maximum Gasteiger partial charge on any atom is 0.370 e. The van der Waals surface area contributed by atoms with Gasteiger partial charge in [-0.1, -0.05) is 12.1 Å². The number of carbonyl (C=O) groups is 1. The highest BCUT2D eigenvalue weighted by atomic mass is 31.2. The summed E-state index contributed by atoms with van der Waals surface area (Å²) in [6, 6.07) is 11.8. The van der Waals surface area contributed by atoms with Crippen molar-refractivity contribution in [2.75, 3.05) is 0 Å². The van der Waals surface area contributed by atoms with E-state index in [0.29, 0.717) is 11.5 Å². The summed E-state index contributed by atoms with van der Waals surface area (Å²) in [5.74, 6) is -1.35. The fraction of sp³-hybridized carbons (Fsp3) is 0.133. The highest BCUT2D eigenvalue weighted by Crippen LogP contribution is 2.56. The molecule has 2 aromatic carbocycles. The molecule has 7 heteroatoms. The smallest absolute Gasteiger partial charge is 0.370 e. The molecular formula is C15H13O6P. The number of hydrogen-bond donors (Lipinski definition) is 2. The molecule has 0 aliphatic carbocycles. The van der Waals surface area contributed by atoms with Gasteiger partial charge in [0.15, 0.2) is 0 Å². The molecule has 1 aliphatic heterocycles. The first-order chi connectivity index (χ1) is 10.3. The summed E-state index contributed by atoms with van der Waals surface area (Å²) in [6.45, 7) is 1.92. The van der Waals surface area contributed by atoms with Crippen LogP contribution in [0, 0.1) is 6.92 Å². The maximum atomic E-state index is 11.6. The molecule has 1 atom stereocenters. The molecule has 2 N–H and O–H groups in total. The number of cyclic esters (lactones) is 1. The summed E-state index contributed by atoms with van der Waals surface area (Å²) >= 11 is 0. The monoisotopic (exact) mass is 320 g/mol. The average molecular weight is 320 g/mol. The number of fused-ring (bicyclic) bond motifs is 1. The number of hydrogen-bond acceptors (Lipinski definition) is 4. The molecular weight excluding hydrogens is 307 g/mol. The fourth-order valence-electron chi connectivity index (χ4n) is 2.29. The van der Waals surface area contributed by atoms with Gasteiger partial charge in [0.05, 0.1) is 5.56 Å². The Morgan fingerprint density at radius 3 is 2.55 bits per heavy atom. The van der Waals surface area contributed by atoms with Gasteiger partial charge in [0, 0.05) is 5.56 Å². The van der Waals surface area contributed by atoms with Gasteiger partial charge in [-0.2, -0.15) is 0 Å². The second kappa shape index (κ2) is 5.25. The van der Waals surface area contributed by atoms with Crippen LogP contribution in [0.3, 0.4) is 0 Å². The third-order valence-electron chi connectivity index (χ3n) is 3.26. The number of carbonyl (C=O) groups excluding carboxylic acids is 1. The van der Waals surface area contributed by atoms with Gasteiger partial charge in [-0.3, -0.25) is 4.57 Å². The predicted molar refractivity (Wildman–Crippen MR) is 77.9 cm³/mol. The SMILES string of the molecule is Cc1cccc(Oc2ccc3c(c2)C(P(=O)(O)O)OC3=O)c1. The lowest BCUT2D eigenvalue weighted by atomic mass is 10.1. The first-order valence-corrected chi connectivity index (χ1v) is 8.17. The molecule has 0 saturated carbocycles. The highest BCUT2D eigenvalue weighted by molar-refractivity contribution is 7.52. The second-order valence-corrected chi connectivity index (χ2v) is 6.66. The van der Waals surface area contributed by atoms with Crippen LogP contribution in [0.15, 0.2) is 42.5 Å². The zero-order chi connectivity index (χ0) is 15.9. The average Bonchev–Trinajstić information content (AvgIpc) is 2.76. The fourth-order valence-corrected chi connectivity index (χ4v) is 3.10. The van der Waals surface area contributed by atoms with Crippen molar-refractivity contribution in [1.82, 2.24) is 0 Å². The highest BCUT2D eigenvalue weighted by Gasteiger charge is 2.42. The van der Waals surface area contributed by atoms with Crippen molar-refractivity contribution in [1.29, 1.82) is 0 Å². The molecule has 0 amide bonds. The molecule has 0 spiro atoms. The summed E-state index contributed by atoms with van der Waals surface area (Å²) in [7, 11) is -4.59. The molecule has 0 bridgehead atoms. The van der Waals surface area contributed by atoms with Crippen LogP contribution in [0.4, 0.5) is 0 Å². The molecule has 2 aromatic rings. The van der Waals surface area contributed by atoms with E-state index in [1.54, 1.807) is 12.1 Å². The van der Waals surface area contributed by atoms with Gasteiger partial charge in [-0.25, -0.2) is 4.79 Å². The minimum atomic E-state index is -4.59. The molecule has 1 heterocycles. The van der Waals surface area contributed by atoms with Crippen LogP contribution in [0.1, 0.15) is 27.3 Å². The van der Waals surface area contributed by atoms with Crippen LogP contribution < -0.4 is 4.74 Å². The molecule has 22 heavy (non-hydrogen) atoms. The van der Waals surface area contributed by atoms with E-state index in [1.165, 1.54) is 12.1 Å². The number of ether oxygens (including phenoxy) is 2. The molecule has 0 aromatic heterocycles. The first-order valence-electron chi connectivity index (χ1n) is 6.49. The van der Waals surface area contributed by atoms with Crippen molar-refractivity contribution in [3.63, 3.8) is 0 Å². The molecule has 6 nitrogen and oxygen atoms in total. The van der Waals surface area contributed by atoms with Crippen LogP contribution >= 0.6 is 7.60 Å². The lowest BCUT2D eigenvalue weighted by Crippen LogP contribution is -1.99. The molecule has 3 rings (SSSR count). The van der Waals surface area contributed by atoms with Gasteiger partial charge in [-0.05, 0) is 42.8 Å². The van der Waals surface area contributed by atoms with Crippen LogP contribution in [0.2, 0.25) is 0 Å². The maximum absolute atomic E-state index is 11.6. The second-order valence-electron chi connectivity index (χ2n) is 5.01. The van der Waals surface area contributed by atoms with Crippen LogP contribution in [0.5, 0.6) is 11.5 Å². The molecule has 0 fully saturated rings. The van der Waals surface area contributed by atoms with E-state index < -0.39 is 19.4 Å². The van der Waals surface area contributed by atoms with Crippen molar-refractivity contribution in [2.45, 2.75) is 12.8 Å². The van der Waals surface area contributed by atoms with Crippen LogP contribution in [-0.2, 0) is 9.30 Å². The van der Waals surface area contributed by atoms with E-state index in [2.05, 4.69) is 0 Å². The summed E-state index contributed by atoms with van der Waals surface area (Å²) in [4.78, 5) is 30.2. The standard InChI is InChI=1S/C15H13O6P/c1-9-3-2-4-10(7-9)20-11-5-6-12-13(8-11)15(21-14(12)16)22(17,18)19/h2-8,15H,1H3,(H2,17,18,19). The Balaban J connectivity index is 1.97. The quantitative estimate of drug-likeness (QED) is 0.666. The zero-order valence-corrected chi connectivity index (χ0v) is 12.5. The van der Waals surface area contributed by atoms with Gasteiger partial charge in [0.25, 0.3) is 0 Å². The Morgan fingerprint density at radius 1 is 1.14 bits per heavy atom. The zero-order valence-electron chi connectivity index (χ0n) is 11.6. The predicted octanol–water partition coefficient (Wildman–Crippen LogP) is 3.13. The number of esters is 1. The van der Waals surface area contributed by atoms with Gasteiger partial charge >= 0.3 is 13.6 Å². The summed E-state index contributed by atoms with van der Waals surface area (Å²) < 4.78 is 21.9. The van der Waals surface area contributed by atoms with E-state index in [1.807, 2.05) is 25.1 Å². The lowest BCUT2D eigenvalue weighted by Gasteiger charge is -2.13. The number of aryl methyl sites for hydroxylation is 1.